The van der Waals surface area contributed by atoms with E-state index in [1.54, 1.807) is 18.0 Å². The van der Waals surface area contributed by atoms with Gasteiger partial charge in [0.1, 0.15) is 5.82 Å². The highest BCUT2D eigenvalue weighted by molar-refractivity contribution is 7.98. The molecule has 0 radical (unpaired) electrons. The van der Waals surface area contributed by atoms with Crippen molar-refractivity contribution in [2.24, 2.45) is 0 Å². The normalized spacial score (nSPS) is 9.64. The predicted molar refractivity (Wildman–Crippen MR) is 50.2 cm³/mol. The average Bonchev–Trinajstić information content (AvgIpc) is 2.06. The van der Waals surface area contributed by atoms with Crippen molar-refractivity contribution in [3.8, 4) is 0 Å². The van der Waals surface area contributed by atoms with E-state index in [1.807, 2.05) is 6.07 Å². The molecule has 1 rings (SSSR count). The van der Waals surface area contributed by atoms with Crippen molar-refractivity contribution < 1.29 is 0 Å². The first kappa shape index (κ1) is 8.40. The molecule has 1 heterocycles. The van der Waals surface area contributed by atoms with E-state index in [0.29, 0.717) is 0 Å². The first-order chi connectivity index (χ1) is 5.38. The summed E-state index contributed by atoms with van der Waals surface area (Å²) in [4.78, 5) is 5.41. The predicted octanol–water partition coefficient (Wildman–Crippen LogP) is 2.24. The standard InChI is InChI=1S/C8H12N2S/c1-3-9-8-7(11-2)5-4-6-10-8/h4-6H,3H2,1-2H3,(H,9,10). The molecule has 1 aromatic rings. The SMILES string of the molecule is CCNc1ncccc1SC. The summed E-state index contributed by atoms with van der Waals surface area (Å²) in [6.07, 6.45) is 3.86. The summed E-state index contributed by atoms with van der Waals surface area (Å²) < 4.78 is 0. The number of hydrogen-bond donors (Lipinski definition) is 1. The Labute approximate surface area is 71.4 Å². The van der Waals surface area contributed by atoms with Gasteiger partial charge in [-0.05, 0) is 25.3 Å². The lowest BCUT2D eigenvalue weighted by Crippen LogP contribution is -1.99. The molecule has 0 amide bonds. The van der Waals surface area contributed by atoms with Gasteiger partial charge < -0.3 is 5.32 Å². The number of hydrogen-bond acceptors (Lipinski definition) is 3. The highest BCUT2D eigenvalue weighted by atomic mass is 32.2. The molecule has 0 aliphatic carbocycles. The van der Waals surface area contributed by atoms with Crippen LogP contribution >= 0.6 is 11.8 Å². The molecule has 2 nitrogen and oxygen atoms in total. The third kappa shape index (κ3) is 2.12. The summed E-state index contributed by atoms with van der Waals surface area (Å²) in [5, 5.41) is 3.20. The molecule has 0 bridgehead atoms. The van der Waals surface area contributed by atoms with Crippen molar-refractivity contribution in [1.82, 2.24) is 4.98 Å². The summed E-state index contributed by atoms with van der Waals surface area (Å²) in [6.45, 7) is 2.99. The van der Waals surface area contributed by atoms with Crippen LogP contribution in [0.3, 0.4) is 0 Å². The third-order valence-electron chi connectivity index (χ3n) is 1.33. The van der Waals surface area contributed by atoms with Crippen molar-refractivity contribution in [1.29, 1.82) is 0 Å². The minimum Gasteiger partial charge on any atom is -0.369 e. The second kappa shape index (κ2) is 4.23. The van der Waals surface area contributed by atoms with Gasteiger partial charge >= 0.3 is 0 Å². The molecule has 3 heteroatoms. The summed E-state index contributed by atoms with van der Waals surface area (Å²) in [6, 6.07) is 4.02. The van der Waals surface area contributed by atoms with Gasteiger partial charge in [-0.3, -0.25) is 0 Å². The zero-order chi connectivity index (χ0) is 8.10. The van der Waals surface area contributed by atoms with Crippen molar-refractivity contribution in [2.45, 2.75) is 11.8 Å². The van der Waals surface area contributed by atoms with Crippen LogP contribution in [0.5, 0.6) is 0 Å². The van der Waals surface area contributed by atoms with Gasteiger partial charge in [0.2, 0.25) is 0 Å². The number of rotatable bonds is 3. The van der Waals surface area contributed by atoms with E-state index < -0.39 is 0 Å². The number of nitrogens with one attached hydrogen (secondary N) is 1. The molecule has 0 fully saturated rings. The van der Waals surface area contributed by atoms with Crippen LogP contribution in [-0.4, -0.2) is 17.8 Å². The zero-order valence-electron chi connectivity index (χ0n) is 6.79. The molecule has 0 spiro atoms. The molecular formula is C8H12N2S. The van der Waals surface area contributed by atoms with Crippen LogP contribution in [0.4, 0.5) is 5.82 Å². The van der Waals surface area contributed by atoms with E-state index >= 15 is 0 Å². The lowest BCUT2D eigenvalue weighted by Gasteiger charge is -2.05. The highest BCUT2D eigenvalue weighted by Crippen LogP contribution is 2.21. The molecule has 0 aliphatic heterocycles. The fourth-order valence-electron chi connectivity index (χ4n) is 0.855. The molecular weight excluding hydrogens is 156 g/mol. The lowest BCUT2D eigenvalue weighted by atomic mass is 10.4. The summed E-state index contributed by atoms with van der Waals surface area (Å²) in [7, 11) is 0. The maximum absolute atomic E-state index is 4.21. The van der Waals surface area contributed by atoms with Gasteiger partial charge in [0, 0.05) is 17.6 Å². The van der Waals surface area contributed by atoms with Crippen LogP contribution in [0.2, 0.25) is 0 Å². The van der Waals surface area contributed by atoms with E-state index in [2.05, 4.69) is 29.5 Å². The van der Waals surface area contributed by atoms with Gasteiger partial charge in [-0.2, -0.15) is 0 Å². The molecule has 11 heavy (non-hydrogen) atoms. The largest absolute Gasteiger partial charge is 0.369 e. The van der Waals surface area contributed by atoms with E-state index in [9.17, 15) is 0 Å². The van der Waals surface area contributed by atoms with Gasteiger partial charge in [0.05, 0.1) is 0 Å². The molecule has 0 aromatic carbocycles. The zero-order valence-corrected chi connectivity index (χ0v) is 7.61. The van der Waals surface area contributed by atoms with E-state index in [0.717, 1.165) is 12.4 Å². The van der Waals surface area contributed by atoms with E-state index in [1.165, 1.54) is 4.90 Å². The smallest absolute Gasteiger partial charge is 0.139 e. The minimum atomic E-state index is 0.921. The first-order valence-electron chi connectivity index (χ1n) is 3.61. The molecule has 0 saturated heterocycles. The van der Waals surface area contributed by atoms with Crippen molar-refractivity contribution in [3.05, 3.63) is 18.3 Å². The third-order valence-corrected chi connectivity index (χ3v) is 2.10. The Morgan fingerprint density at radius 2 is 2.45 bits per heavy atom. The van der Waals surface area contributed by atoms with Crippen LogP contribution in [0, 0.1) is 0 Å². The molecule has 0 saturated carbocycles. The Bertz CT molecular complexity index is 225. The number of pyridine rings is 1. The quantitative estimate of drug-likeness (QED) is 0.701. The second-order valence-electron chi connectivity index (χ2n) is 2.08. The number of thioether (sulfide) groups is 1. The maximum atomic E-state index is 4.21. The molecule has 0 unspecified atom stereocenters. The minimum absolute atomic E-state index is 0.921. The van der Waals surface area contributed by atoms with Crippen molar-refractivity contribution >= 4 is 17.6 Å². The lowest BCUT2D eigenvalue weighted by molar-refractivity contribution is 1.12. The molecule has 60 valence electrons. The Morgan fingerprint density at radius 1 is 1.64 bits per heavy atom. The van der Waals surface area contributed by atoms with Crippen molar-refractivity contribution in [3.63, 3.8) is 0 Å². The average molecular weight is 168 g/mol. The first-order valence-corrected chi connectivity index (χ1v) is 4.83. The van der Waals surface area contributed by atoms with Crippen molar-refractivity contribution in [2.75, 3.05) is 18.1 Å². The van der Waals surface area contributed by atoms with Gasteiger partial charge in [-0.15, -0.1) is 11.8 Å². The maximum Gasteiger partial charge on any atom is 0.139 e. The van der Waals surface area contributed by atoms with Gasteiger partial charge in [0.25, 0.3) is 0 Å². The Hall–Kier alpha value is -0.700. The molecule has 1 N–H and O–H groups in total. The van der Waals surface area contributed by atoms with Gasteiger partial charge in [0.15, 0.2) is 0 Å². The van der Waals surface area contributed by atoms with Gasteiger partial charge in [-0.25, -0.2) is 4.98 Å². The number of aromatic nitrogens is 1. The fraction of sp³-hybridized carbons (Fsp3) is 0.375. The summed E-state index contributed by atoms with van der Waals surface area (Å²) in [5.74, 6) is 0.988. The van der Waals surface area contributed by atoms with E-state index in [-0.39, 0.29) is 0 Å². The topological polar surface area (TPSA) is 24.9 Å². The Morgan fingerprint density at radius 3 is 3.09 bits per heavy atom. The number of nitrogens with zero attached hydrogens (tertiary/aromatic N) is 1. The molecule has 0 atom stereocenters. The van der Waals surface area contributed by atoms with E-state index in [4.69, 9.17) is 0 Å². The van der Waals surface area contributed by atoms with Crippen LogP contribution < -0.4 is 5.32 Å². The summed E-state index contributed by atoms with van der Waals surface area (Å²) in [5.41, 5.74) is 0. The van der Waals surface area contributed by atoms with Crippen LogP contribution in [0.25, 0.3) is 0 Å². The molecule has 1 aromatic heterocycles. The fourth-order valence-corrected chi connectivity index (χ4v) is 1.39. The highest BCUT2D eigenvalue weighted by Gasteiger charge is 1.97. The van der Waals surface area contributed by atoms with Gasteiger partial charge in [-0.1, -0.05) is 0 Å². The van der Waals surface area contributed by atoms with Crippen LogP contribution in [0.1, 0.15) is 6.92 Å². The monoisotopic (exact) mass is 168 g/mol. The second-order valence-corrected chi connectivity index (χ2v) is 2.93. The Kier molecular flexibility index (Phi) is 3.23. The van der Waals surface area contributed by atoms with Crippen LogP contribution in [-0.2, 0) is 0 Å². The summed E-state index contributed by atoms with van der Waals surface area (Å²) >= 11 is 1.71. The van der Waals surface area contributed by atoms with Crippen LogP contribution in [0.15, 0.2) is 23.2 Å². The number of anilines is 1. The Balaban J connectivity index is 2.83. The molecule has 0 aliphatic rings.